The molecule has 0 aromatic heterocycles. The minimum absolute atomic E-state index is 0.378. The monoisotopic (exact) mass is 300 g/mol. The minimum Gasteiger partial charge on any atom is -0.326 e. The van der Waals surface area contributed by atoms with E-state index in [-0.39, 0.29) is 5.37 Å². The molecule has 0 bridgehead atoms. The van der Waals surface area contributed by atoms with Crippen LogP contribution in [0.1, 0.15) is 11.1 Å². The molecule has 4 nitrogen and oxygen atoms in total. The maximum absolute atomic E-state index is 11.9. The van der Waals surface area contributed by atoms with E-state index in [1.54, 1.807) is 11.8 Å². The quantitative estimate of drug-likeness (QED) is 0.901. The predicted molar refractivity (Wildman–Crippen MR) is 80.7 cm³/mol. The summed E-state index contributed by atoms with van der Waals surface area (Å²) in [5, 5.41) is -0.378. The van der Waals surface area contributed by atoms with Gasteiger partial charge in [0.15, 0.2) is 9.84 Å². The molecule has 106 valence electrons. The first-order valence-corrected chi connectivity index (χ1v) is 9.41. The lowest BCUT2D eigenvalue weighted by Crippen LogP contribution is -2.46. The molecule has 1 aliphatic rings. The van der Waals surface area contributed by atoms with Crippen LogP contribution in [0.3, 0.4) is 0 Å². The van der Waals surface area contributed by atoms with Crippen LogP contribution in [0.5, 0.6) is 0 Å². The van der Waals surface area contributed by atoms with Crippen molar-refractivity contribution in [1.82, 2.24) is 4.90 Å². The van der Waals surface area contributed by atoms with E-state index in [2.05, 4.69) is 4.90 Å². The van der Waals surface area contributed by atoms with Crippen molar-refractivity contribution in [2.45, 2.75) is 18.5 Å². The Kier molecular flexibility index (Phi) is 4.89. The zero-order valence-corrected chi connectivity index (χ0v) is 12.7. The number of thioether (sulfide) groups is 1. The Labute approximate surface area is 119 Å². The molecule has 0 amide bonds. The van der Waals surface area contributed by atoms with Crippen LogP contribution in [0, 0.1) is 0 Å². The van der Waals surface area contributed by atoms with Crippen molar-refractivity contribution in [1.29, 1.82) is 0 Å². The van der Waals surface area contributed by atoms with E-state index in [0.717, 1.165) is 23.4 Å². The number of rotatable bonds is 4. The standard InChI is InChI=1S/C13H20N2O2S2/c1-19(16,17)13-10-18-7-6-15(13)9-12-5-3-2-4-11(12)8-14/h2-5,13H,6-10,14H2,1H3. The summed E-state index contributed by atoms with van der Waals surface area (Å²) in [5.41, 5.74) is 7.96. The first-order valence-electron chi connectivity index (χ1n) is 6.30. The predicted octanol–water partition coefficient (Wildman–Crippen LogP) is 1.06. The summed E-state index contributed by atoms with van der Waals surface area (Å²) in [5.74, 6) is 1.64. The van der Waals surface area contributed by atoms with Crippen LogP contribution in [0.4, 0.5) is 0 Å². The van der Waals surface area contributed by atoms with Crippen molar-refractivity contribution in [3.8, 4) is 0 Å². The van der Waals surface area contributed by atoms with E-state index in [4.69, 9.17) is 5.73 Å². The minimum atomic E-state index is -3.04. The third kappa shape index (κ3) is 3.72. The van der Waals surface area contributed by atoms with Crippen LogP contribution in [-0.4, -0.2) is 43.0 Å². The fourth-order valence-corrected chi connectivity index (χ4v) is 5.26. The highest BCUT2D eigenvalue weighted by atomic mass is 32.2. The fourth-order valence-electron chi connectivity index (χ4n) is 2.32. The van der Waals surface area contributed by atoms with Gasteiger partial charge in [0.05, 0.1) is 0 Å². The highest BCUT2D eigenvalue weighted by molar-refractivity contribution is 8.00. The molecule has 0 radical (unpaired) electrons. The van der Waals surface area contributed by atoms with Crippen LogP contribution in [0.15, 0.2) is 24.3 Å². The van der Waals surface area contributed by atoms with Gasteiger partial charge in [-0.05, 0) is 11.1 Å². The lowest BCUT2D eigenvalue weighted by molar-refractivity contribution is 0.261. The Hall–Kier alpha value is -0.560. The number of nitrogens with zero attached hydrogens (tertiary/aromatic N) is 1. The summed E-state index contributed by atoms with van der Waals surface area (Å²) in [4.78, 5) is 2.06. The van der Waals surface area contributed by atoms with Gasteiger partial charge >= 0.3 is 0 Å². The molecule has 1 saturated heterocycles. The molecule has 19 heavy (non-hydrogen) atoms. The van der Waals surface area contributed by atoms with Crippen LogP contribution in [0.2, 0.25) is 0 Å². The second-order valence-corrected chi connectivity index (χ2v) is 8.16. The summed E-state index contributed by atoms with van der Waals surface area (Å²) in [6, 6.07) is 7.97. The topological polar surface area (TPSA) is 63.4 Å². The fraction of sp³-hybridized carbons (Fsp3) is 0.538. The highest BCUT2D eigenvalue weighted by Gasteiger charge is 2.31. The van der Waals surface area contributed by atoms with Gasteiger partial charge in [0.1, 0.15) is 5.37 Å². The van der Waals surface area contributed by atoms with Crippen molar-refractivity contribution >= 4 is 21.6 Å². The van der Waals surface area contributed by atoms with Crippen LogP contribution in [-0.2, 0) is 22.9 Å². The van der Waals surface area contributed by atoms with Crippen molar-refractivity contribution in [3.63, 3.8) is 0 Å². The third-order valence-electron chi connectivity index (χ3n) is 3.40. The van der Waals surface area contributed by atoms with Crippen molar-refractivity contribution in [2.24, 2.45) is 5.73 Å². The van der Waals surface area contributed by atoms with Gasteiger partial charge in [-0.3, -0.25) is 4.90 Å². The zero-order valence-electron chi connectivity index (χ0n) is 11.1. The molecule has 1 aliphatic heterocycles. The van der Waals surface area contributed by atoms with Gasteiger partial charge in [-0.2, -0.15) is 11.8 Å². The molecule has 1 heterocycles. The summed E-state index contributed by atoms with van der Waals surface area (Å²) in [7, 11) is -3.04. The van der Waals surface area contributed by atoms with Gasteiger partial charge in [0.2, 0.25) is 0 Å². The number of hydrogen-bond donors (Lipinski definition) is 1. The second kappa shape index (κ2) is 6.26. The first-order chi connectivity index (χ1) is 9.02. The average Bonchev–Trinajstić information content (AvgIpc) is 2.39. The molecule has 2 N–H and O–H groups in total. The van der Waals surface area contributed by atoms with Gasteiger partial charge in [-0.15, -0.1) is 0 Å². The largest absolute Gasteiger partial charge is 0.326 e. The summed E-state index contributed by atoms with van der Waals surface area (Å²) in [6.07, 6.45) is 1.32. The van der Waals surface area contributed by atoms with Crippen molar-refractivity contribution in [3.05, 3.63) is 35.4 Å². The number of nitrogens with two attached hydrogens (primary N) is 1. The third-order valence-corrected chi connectivity index (χ3v) is 6.08. The molecule has 1 atom stereocenters. The summed E-state index contributed by atoms with van der Waals surface area (Å²) < 4.78 is 23.7. The van der Waals surface area contributed by atoms with Crippen LogP contribution >= 0.6 is 11.8 Å². The average molecular weight is 300 g/mol. The molecule has 0 saturated carbocycles. The molecule has 1 aromatic carbocycles. The van der Waals surface area contributed by atoms with Gasteiger partial charge in [-0.1, -0.05) is 24.3 Å². The number of hydrogen-bond acceptors (Lipinski definition) is 5. The van der Waals surface area contributed by atoms with Gasteiger partial charge in [0.25, 0.3) is 0 Å². The van der Waals surface area contributed by atoms with E-state index in [9.17, 15) is 8.42 Å². The molecule has 0 aliphatic carbocycles. The summed E-state index contributed by atoms with van der Waals surface area (Å²) in [6.45, 7) is 1.95. The molecule has 2 rings (SSSR count). The highest BCUT2D eigenvalue weighted by Crippen LogP contribution is 2.23. The molecular weight excluding hydrogens is 280 g/mol. The van der Waals surface area contributed by atoms with E-state index in [1.165, 1.54) is 6.26 Å². The van der Waals surface area contributed by atoms with E-state index in [0.29, 0.717) is 18.8 Å². The molecule has 6 heteroatoms. The Bertz CT molecular complexity index is 531. The normalized spacial score (nSPS) is 21.5. The SMILES string of the molecule is CS(=O)(=O)C1CSCCN1Cc1ccccc1CN. The van der Waals surface area contributed by atoms with Crippen LogP contribution < -0.4 is 5.73 Å². The zero-order chi connectivity index (χ0) is 13.9. The maximum Gasteiger partial charge on any atom is 0.164 e. The Morgan fingerprint density at radius 3 is 2.68 bits per heavy atom. The molecular formula is C13H20N2O2S2. The lowest BCUT2D eigenvalue weighted by Gasteiger charge is -2.34. The Morgan fingerprint density at radius 1 is 1.37 bits per heavy atom. The van der Waals surface area contributed by atoms with Gasteiger partial charge in [-0.25, -0.2) is 8.42 Å². The molecule has 1 unspecified atom stereocenters. The Balaban J connectivity index is 2.20. The van der Waals surface area contributed by atoms with Crippen LogP contribution in [0.25, 0.3) is 0 Å². The smallest absolute Gasteiger partial charge is 0.164 e. The molecule has 0 spiro atoms. The molecule has 1 fully saturated rings. The van der Waals surface area contributed by atoms with Gasteiger partial charge < -0.3 is 5.73 Å². The van der Waals surface area contributed by atoms with E-state index < -0.39 is 9.84 Å². The van der Waals surface area contributed by atoms with E-state index in [1.807, 2.05) is 24.3 Å². The lowest BCUT2D eigenvalue weighted by atomic mass is 10.1. The maximum atomic E-state index is 11.9. The number of sulfone groups is 1. The summed E-state index contributed by atoms with van der Waals surface area (Å²) >= 11 is 1.71. The van der Waals surface area contributed by atoms with Crippen molar-refractivity contribution < 1.29 is 8.42 Å². The molecule has 1 aromatic rings. The van der Waals surface area contributed by atoms with E-state index >= 15 is 0 Å². The van der Waals surface area contributed by atoms with Gasteiger partial charge in [0, 0.05) is 37.4 Å². The number of benzene rings is 1. The van der Waals surface area contributed by atoms with Crippen molar-refractivity contribution in [2.75, 3.05) is 24.3 Å². The second-order valence-electron chi connectivity index (χ2n) is 4.80. The first kappa shape index (κ1) is 14.8. The Morgan fingerprint density at radius 2 is 2.05 bits per heavy atom.